The lowest BCUT2D eigenvalue weighted by Crippen LogP contribution is -2.34. The Balaban J connectivity index is 1.63. The number of hydrogen-bond donors (Lipinski definition) is 4. The minimum absolute atomic E-state index is 0.00185. The molecule has 152 valence electrons. The largest absolute Gasteiger partial charge is 0.508 e. The van der Waals surface area contributed by atoms with Crippen LogP contribution in [0.15, 0.2) is 64.3 Å². The molecular weight excluding hydrogens is 393 g/mol. The molecule has 30 heavy (non-hydrogen) atoms. The van der Waals surface area contributed by atoms with Gasteiger partial charge in [-0.25, -0.2) is 18.7 Å². The Kier molecular flexibility index (Phi) is 4.98. The maximum Gasteiger partial charge on any atom is 0.334 e. The highest BCUT2D eigenvalue weighted by atomic mass is 19.1. The Morgan fingerprint density at radius 3 is 2.73 bits per heavy atom. The van der Waals surface area contributed by atoms with E-state index in [9.17, 15) is 24.2 Å². The molecule has 0 bridgehead atoms. The average Bonchev–Trinajstić information content (AvgIpc) is 2.72. The number of aromatic amines is 1. The van der Waals surface area contributed by atoms with Gasteiger partial charge in [-0.05, 0) is 35.9 Å². The van der Waals surface area contributed by atoms with Crippen molar-refractivity contribution in [1.82, 2.24) is 19.5 Å². The summed E-state index contributed by atoms with van der Waals surface area (Å²) in [5.41, 5.74) is -0.885. The second-order valence-electron chi connectivity index (χ2n) is 6.50. The van der Waals surface area contributed by atoms with E-state index >= 15 is 0 Å². The molecule has 2 aromatic carbocycles. The fraction of sp³-hybridized carbons (Fsp3) is 0.100. The Labute approximate surface area is 168 Å². The van der Waals surface area contributed by atoms with E-state index in [0.29, 0.717) is 5.56 Å². The molecule has 0 aliphatic heterocycles. The molecule has 0 fully saturated rings. The highest BCUT2D eigenvalue weighted by molar-refractivity contribution is 5.73. The summed E-state index contributed by atoms with van der Waals surface area (Å²) in [6.45, 7) is 0.0273. The molecule has 0 saturated heterocycles. The van der Waals surface area contributed by atoms with Crippen molar-refractivity contribution >= 4 is 17.0 Å². The monoisotopic (exact) mass is 409 g/mol. The first kappa shape index (κ1) is 19.3. The number of aliphatic hydroxyl groups excluding tert-OH is 1. The predicted octanol–water partition coefficient (Wildman–Crippen LogP) is 1.46. The number of nitrogens with zero attached hydrogens (tertiary/aromatic N) is 3. The van der Waals surface area contributed by atoms with Crippen LogP contribution in [-0.2, 0) is 0 Å². The van der Waals surface area contributed by atoms with E-state index in [1.807, 2.05) is 0 Å². The van der Waals surface area contributed by atoms with Crippen molar-refractivity contribution in [2.75, 3.05) is 11.9 Å². The fourth-order valence-corrected chi connectivity index (χ4v) is 2.98. The molecule has 0 radical (unpaired) electrons. The first-order valence-corrected chi connectivity index (χ1v) is 8.91. The molecular formula is C20H16FN5O4. The minimum Gasteiger partial charge on any atom is -0.508 e. The van der Waals surface area contributed by atoms with Crippen LogP contribution in [0.1, 0.15) is 11.7 Å². The van der Waals surface area contributed by atoms with E-state index in [4.69, 9.17) is 0 Å². The molecule has 0 aliphatic carbocycles. The standard InChI is InChI=1S/C20H16FN5O4/c21-12-4-2-5-13(8-12)26-18(29)15-9-22-19(24-17(15)25-20(26)30)23-10-16(28)11-3-1-6-14(27)7-11/h1-9,16,27-28H,10H2,(H2,22,23,24,25,30). The lowest BCUT2D eigenvalue weighted by molar-refractivity contribution is 0.191. The maximum absolute atomic E-state index is 13.5. The van der Waals surface area contributed by atoms with Gasteiger partial charge in [0.1, 0.15) is 17.0 Å². The number of aromatic hydroxyl groups is 1. The van der Waals surface area contributed by atoms with Crippen molar-refractivity contribution in [3.8, 4) is 11.4 Å². The zero-order chi connectivity index (χ0) is 21.3. The molecule has 2 heterocycles. The predicted molar refractivity (Wildman–Crippen MR) is 107 cm³/mol. The minimum atomic E-state index is -0.948. The molecule has 0 amide bonds. The highest BCUT2D eigenvalue weighted by Crippen LogP contribution is 2.18. The SMILES string of the molecule is O=c1[nH]c2nc(NCC(O)c3cccc(O)c3)ncc2c(=O)n1-c1cccc(F)c1. The van der Waals surface area contributed by atoms with Crippen LogP contribution in [0.3, 0.4) is 0 Å². The molecule has 9 nitrogen and oxygen atoms in total. The first-order chi connectivity index (χ1) is 14.4. The lowest BCUT2D eigenvalue weighted by atomic mass is 10.1. The molecule has 4 rings (SSSR count). The summed E-state index contributed by atoms with van der Waals surface area (Å²) in [5, 5.41) is 22.6. The summed E-state index contributed by atoms with van der Waals surface area (Å²) >= 11 is 0. The number of rotatable bonds is 5. The van der Waals surface area contributed by atoms with Gasteiger partial charge < -0.3 is 15.5 Å². The van der Waals surface area contributed by atoms with Crippen LogP contribution in [0, 0.1) is 5.82 Å². The Morgan fingerprint density at radius 2 is 1.97 bits per heavy atom. The van der Waals surface area contributed by atoms with Crippen LogP contribution < -0.4 is 16.6 Å². The molecule has 0 saturated carbocycles. The smallest absolute Gasteiger partial charge is 0.334 e. The van der Waals surface area contributed by atoms with Crippen LogP contribution >= 0.6 is 0 Å². The van der Waals surface area contributed by atoms with Crippen molar-refractivity contribution in [3.05, 3.63) is 86.9 Å². The highest BCUT2D eigenvalue weighted by Gasteiger charge is 2.13. The van der Waals surface area contributed by atoms with Gasteiger partial charge in [-0.2, -0.15) is 4.98 Å². The zero-order valence-electron chi connectivity index (χ0n) is 15.4. The van der Waals surface area contributed by atoms with Gasteiger partial charge in [0.25, 0.3) is 5.56 Å². The van der Waals surface area contributed by atoms with Gasteiger partial charge in [-0.15, -0.1) is 0 Å². The van der Waals surface area contributed by atoms with Gasteiger partial charge >= 0.3 is 5.69 Å². The molecule has 0 aliphatic rings. The number of phenols is 1. The average molecular weight is 409 g/mol. The summed E-state index contributed by atoms with van der Waals surface area (Å²) in [7, 11) is 0. The number of halogens is 1. The summed E-state index contributed by atoms with van der Waals surface area (Å²) in [6, 6.07) is 11.3. The molecule has 4 N–H and O–H groups in total. The van der Waals surface area contributed by atoms with Crippen molar-refractivity contribution < 1.29 is 14.6 Å². The van der Waals surface area contributed by atoms with Gasteiger partial charge in [0, 0.05) is 12.7 Å². The van der Waals surface area contributed by atoms with Crippen LogP contribution in [-0.4, -0.2) is 36.3 Å². The second kappa shape index (κ2) is 7.76. The fourth-order valence-electron chi connectivity index (χ4n) is 2.98. The van der Waals surface area contributed by atoms with E-state index in [1.165, 1.54) is 36.5 Å². The lowest BCUT2D eigenvalue weighted by Gasteiger charge is -2.12. The topological polar surface area (TPSA) is 133 Å². The third-order valence-corrected chi connectivity index (χ3v) is 4.43. The molecule has 2 aromatic heterocycles. The first-order valence-electron chi connectivity index (χ1n) is 8.91. The number of benzene rings is 2. The molecule has 10 heteroatoms. The molecule has 0 spiro atoms. The van der Waals surface area contributed by atoms with Crippen LogP contribution in [0.25, 0.3) is 16.7 Å². The summed E-state index contributed by atoms with van der Waals surface area (Å²) in [5.74, 6) is -0.471. The molecule has 1 atom stereocenters. The number of phenolic OH excluding ortho intramolecular Hbond substituents is 1. The number of nitrogens with one attached hydrogen (secondary N) is 2. The maximum atomic E-state index is 13.5. The van der Waals surface area contributed by atoms with Gasteiger partial charge in [-0.1, -0.05) is 18.2 Å². The summed E-state index contributed by atoms with van der Waals surface area (Å²) in [6.07, 6.45) is 0.288. The van der Waals surface area contributed by atoms with E-state index in [0.717, 1.165) is 10.6 Å². The van der Waals surface area contributed by atoms with E-state index < -0.39 is 23.2 Å². The van der Waals surface area contributed by atoms with E-state index in [2.05, 4.69) is 20.3 Å². The third-order valence-electron chi connectivity index (χ3n) is 4.43. The molecule has 1 unspecified atom stereocenters. The number of aliphatic hydroxyl groups is 1. The van der Waals surface area contributed by atoms with Crippen molar-refractivity contribution in [2.24, 2.45) is 0 Å². The number of H-pyrrole nitrogens is 1. The number of anilines is 1. The zero-order valence-corrected chi connectivity index (χ0v) is 15.4. The van der Waals surface area contributed by atoms with Crippen LogP contribution in [0.4, 0.5) is 10.3 Å². The van der Waals surface area contributed by atoms with Gasteiger partial charge in [0.05, 0.1) is 11.8 Å². The van der Waals surface area contributed by atoms with E-state index in [-0.39, 0.29) is 35.0 Å². The van der Waals surface area contributed by atoms with Crippen molar-refractivity contribution in [2.45, 2.75) is 6.10 Å². The molecule has 4 aromatic rings. The van der Waals surface area contributed by atoms with Gasteiger partial charge in [0.15, 0.2) is 5.65 Å². The van der Waals surface area contributed by atoms with Gasteiger partial charge in [-0.3, -0.25) is 9.78 Å². The quantitative estimate of drug-likeness (QED) is 0.392. The normalized spacial score (nSPS) is 12.1. The number of fused-ring (bicyclic) bond motifs is 1. The second-order valence-corrected chi connectivity index (χ2v) is 6.50. The number of aromatic nitrogens is 4. The van der Waals surface area contributed by atoms with Crippen LogP contribution in [0.5, 0.6) is 5.75 Å². The van der Waals surface area contributed by atoms with Gasteiger partial charge in [0.2, 0.25) is 5.95 Å². The number of hydrogen-bond acceptors (Lipinski definition) is 7. The van der Waals surface area contributed by atoms with Crippen molar-refractivity contribution in [1.29, 1.82) is 0 Å². The summed E-state index contributed by atoms with van der Waals surface area (Å²) in [4.78, 5) is 35.7. The Bertz CT molecular complexity index is 1350. The Hall–Kier alpha value is -4.05. The van der Waals surface area contributed by atoms with Crippen molar-refractivity contribution in [3.63, 3.8) is 0 Å². The Morgan fingerprint density at radius 1 is 1.17 bits per heavy atom. The third kappa shape index (κ3) is 3.76. The summed E-state index contributed by atoms with van der Waals surface area (Å²) < 4.78 is 14.3. The van der Waals surface area contributed by atoms with E-state index in [1.54, 1.807) is 12.1 Å². The van der Waals surface area contributed by atoms with Crippen LogP contribution in [0.2, 0.25) is 0 Å².